The molecule has 1 aromatic rings. The fraction of sp³-hybridized carbons (Fsp3) is 0.667. The predicted molar refractivity (Wildman–Crippen MR) is 62.1 cm³/mol. The quantitative estimate of drug-likeness (QED) is 0.824. The first-order valence-corrected chi connectivity index (χ1v) is 5.62. The van der Waals surface area contributed by atoms with Gasteiger partial charge in [0, 0.05) is 16.9 Å². The largest absolute Gasteiger partial charge is 0.349 e. The maximum absolute atomic E-state index is 4.54. The lowest BCUT2D eigenvalue weighted by Gasteiger charge is -2.14. The summed E-state index contributed by atoms with van der Waals surface area (Å²) >= 11 is 0. The molecule has 0 aromatic carbocycles. The molecule has 0 aliphatic heterocycles. The van der Waals surface area contributed by atoms with Gasteiger partial charge in [0.15, 0.2) is 0 Å². The van der Waals surface area contributed by atoms with Crippen LogP contribution in [0.25, 0.3) is 0 Å². The molecule has 2 rings (SSSR count). The fourth-order valence-electron chi connectivity index (χ4n) is 1.53. The average Bonchev–Trinajstić information content (AvgIpc) is 2.81. The van der Waals surface area contributed by atoms with Gasteiger partial charge in [0.25, 0.3) is 0 Å². The molecule has 1 aromatic heterocycles. The zero-order valence-corrected chi connectivity index (χ0v) is 9.96. The van der Waals surface area contributed by atoms with Gasteiger partial charge in [-0.2, -0.15) is 0 Å². The van der Waals surface area contributed by atoms with Gasteiger partial charge >= 0.3 is 0 Å². The molecule has 1 aliphatic rings. The highest BCUT2D eigenvalue weighted by molar-refractivity contribution is 5.35. The van der Waals surface area contributed by atoms with Crippen LogP contribution in [0.15, 0.2) is 6.07 Å². The molecule has 3 heteroatoms. The van der Waals surface area contributed by atoms with E-state index in [-0.39, 0.29) is 5.54 Å². The zero-order chi connectivity index (χ0) is 11.1. The van der Waals surface area contributed by atoms with Crippen LogP contribution in [0, 0.1) is 6.92 Å². The highest BCUT2D eigenvalue weighted by Gasteiger charge is 2.37. The number of anilines is 1. The highest BCUT2D eigenvalue weighted by Crippen LogP contribution is 2.37. The second-order valence-corrected chi connectivity index (χ2v) is 5.10. The van der Waals surface area contributed by atoms with E-state index in [2.05, 4.69) is 42.1 Å². The normalized spacial score (nSPS) is 17.9. The van der Waals surface area contributed by atoms with Gasteiger partial charge in [-0.3, -0.25) is 0 Å². The number of nitrogens with zero attached hydrogens (tertiary/aromatic N) is 2. The van der Waals surface area contributed by atoms with Crippen LogP contribution in [0.1, 0.15) is 50.9 Å². The molecule has 1 fully saturated rings. The average molecular weight is 205 g/mol. The van der Waals surface area contributed by atoms with Crippen molar-refractivity contribution in [3.63, 3.8) is 0 Å². The lowest BCUT2D eigenvalue weighted by Crippen LogP contribution is -2.19. The third-order valence-corrected chi connectivity index (χ3v) is 2.88. The van der Waals surface area contributed by atoms with Crippen LogP contribution in [-0.4, -0.2) is 15.5 Å². The molecule has 0 spiro atoms. The summed E-state index contributed by atoms with van der Waals surface area (Å²) in [4.78, 5) is 8.96. The second-order valence-electron chi connectivity index (χ2n) is 5.10. The lowest BCUT2D eigenvalue weighted by molar-refractivity contribution is 0.776. The Morgan fingerprint density at radius 2 is 2.00 bits per heavy atom. The fourth-order valence-corrected chi connectivity index (χ4v) is 1.53. The zero-order valence-electron chi connectivity index (χ0n) is 9.96. The Bertz CT molecular complexity index is 367. The van der Waals surface area contributed by atoms with E-state index in [0.717, 1.165) is 17.3 Å². The van der Waals surface area contributed by atoms with Crippen LogP contribution in [0.2, 0.25) is 0 Å². The van der Waals surface area contributed by atoms with Crippen LogP contribution in [0.4, 0.5) is 5.95 Å². The maximum Gasteiger partial charge on any atom is 0.223 e. The summed E-state index contributed by atoms with van der Waals surface area (Å²) < 4.78 is 0. The van der Waals surface area contributed by atoms with Gasteiger partial charge in [-0.05, 0) is 38.7 Å². The van der Waals surface area contributed by atoms with Gasteiger partial charge in [0.05, 0.1) is 0 Å². The van der Waals surface area contributed by atoms with Gasteiger partial charge in [-0.25, -0.2) is 9.97 Å². The molecule has 15 heavy (non-hydrogen) atoms. The van der Waals surface area contributed by atoms with E-state index in [1.54, 1.807) is 0 Å². The maximum atomic E-state index is 4.54. The molecule has 1 heterocycles. The number of hydrogen-bond acceptors (Lipinski definition) is 3. The number of aromatic nitrogens is 2. The minimum absolute atomic E-state index is 0.252. The Morgan fingerprint density at radius 3 is 2.53 bits per heavy atom. The summed E-state index contributed by atoms with van der Waals surface area (Å²) in [5, 5.41) is 3.41. The van der Waals surface area contributed by atoms with Gasteiger partial charge in [0.1, 0.15) is 0 Å². The van der Waals surface area contributed by atoms with E-state index in [1.807, 2.05) is 6.92 Å². The molecular weight excluding hydrogens is 186 g/mol. The summed E-state index contributed by atoms with van der Waals surface area (Å²) in [6, 6.07) is 2.06. The lowest BCUT2D eigenvalue weighted by atomic mass is 10.1. The standard InChI is InChI=1S/C12H19N3/c1-8(2)10-7-9(3)13-11(14-10)15-12(4)5-6-12/h7-8H,5-6H2,1-4H3,(H,13,14,15). The first-order valence-electron chi connectivity index (χ1n) is 5.62. The van der Waals surface area contributed by atoms with Crippen LogP contribution in [0.3, 0.4) is 0 Å². The minimum Gasteiger partial charge on any atom is -0.349 e. The number of rotatable bonds is 3. The van der Waals surface area contributed by atoms with Crippen LogP contribution in [-0.2, 0) is 0 Å². The summed E-state index contributed by atoms with van der Waals surface area (Å²) in [5.41, 5.74) is 2.41. The predicted octanol–water partition coefficient (Wildman–Crippen LogP) is 2.87. The van der Waals surface area contributed by atoms with Crippen molar-refractivity contribution >= 4 is 5.95 Å². The van der Waals surface area contributed by atoms with Crippen LogP contribution >= 0.6 is 0 Å². The van der Waals surface area contributed by atoms with Crippen molar-refractivity contribution in [1.29, 1.82) is 0 Å². The Labute approximate surface area is 91.3 Å². The molecule has 1 N–H and O–H groups in total. The monoisotopic (exact) mass is 205 g/mol. The van der Waals surface area contributed by atoms with Gasteiger partial charge in [0.2, 0.25) is 5.95 Å². The van der Waals surface area contributed by atoms with Crippen molar-refractivity contribution < 1.29 is 0 Å². The van der Waals surface area contributed by atoms with E-state index in [1.165, 1.54) is 12.8 Å². The van der Waals surface area contributed by atoms with Gasteiger partial charge in [-0.1, -0.05) is 13.8 Å². The summed E-state index contributed by atoms with van der Waals surface area (Å²) in [7, 11) is 0. The molecule has 3 nitrogen and oxygen atoms in total. The smallest absolute Gasteiger partial charge is 0.223 e. The Balaban J connectivity index is 2.23. The molecule has 1 saturated carbocycles. The van der Waals surface area contributed by atoms with Crippen LogP contribution < -0.4 is 5.32 Å². The Morgan fingerprint density at radius 1 is 1.33 bits per heavy atom. The first-order chi connectivity index (χ1) is 6.98. The molecule has 82 valence electrons. The number of hydrogen-bond donors (Lipinski definition) is 1. The molecule has 0 saturated heterocycles. The van der Waals surface area contributed by atoms with Gasteiger partial charge < -0.3 is 5.32 Å². The van der Waals surface area contributed by atoms with E-state index < -0.39 is 0 Å². The third kappa shape index (κ3) is 2.46. The number of nitrogens with one attached hydrogen (secondary N) is 1. The Kier molecular flexibility index (Phi) is 2.41. The van der Waals surface area contributed by atoms with E-state index in [9.17, 15) is 0 Å². The van der Waals surface area contributed by atoms with Crippen molar-refractivity contribution in [2.45, 2.75) is 52.0 Å². The molecule has 0 amide bonds. The van der Waals surface area contributed by atoms with Crippen molar-refractivity contribution in [2.75, 3.05) is 5.32 Å². The van der Waals surface area contributed by atoms with Crippen molar-refractivity contribution in [3.8, 4) is 0 Å². The molecule has 0 radical (unpaired) electrons. The molecule has 0 bridgehead atoms. The second kappa shape index (κ2) is 3.47. The van der Waals surface area contributed by atoms with E-state index in [4.69, 9.17) is 0 Å². The summed E-state index contributed by atoms with van der Waals surface area (Å²) in [5.74, 6) is 1.25. The molecular formula is C12H19N3. The summed E-state index contributed by atoms with van der Waals surface area (Å²) in [6.45, 7) is 8.55. The van der Waals surface area contributed by atoms with Crippen molar-refractivity contribution in [1.82, 2.24) is 9.97 Å². The third-order valence-electron chi connectivity index (χ3n) is 2.88. The van der Waals surface area contributed by atoms with E-state index in [0.29, 0.717) is 5.92 Å². The SMILES string of the molecule is Cc1cc(C(C)C)nc(NC2(C)CC2)n1. The number of aryl methyl sites for hydroxylation is 1. The highest BCUT2D eigenvalue weighted by atomic mass is 15.2. The summed E-state index contributed by atoms with van der Waals surface area (Å²) in [6.07, 6.45) is 2.45. The minimum atomic E-state index is 0.252. The van der Waals surface area contributed by atoms with E-state index >= 15 is 0 Å². The Hall–Kier alpha value is -1.12. The van der Waals surface area contributed by atoms with Crippen LogP contribution in [0.5, 0.6) is 0 Å². The first kappa shape index (κ1) is 10.4. The van der Waals surface area contributed by atoms with Crippen molar-refractivity contribution in [3.05, 3.63) is 17.5 Å². The van der Waals surface area contributed by atoms with Gasteiger partial charge in [-0.15, -0.1) is 0 Å². The van der Waals surface area contributed by atoms with Crippen molar-refractivity contribution in [2.24, 2.45) is 0 Å². The molecule has 0 atom stereocenters. The molecule has 0 unspecified atom stereocenters. The topological polar surface area (TPSA) is 37.8 Å². The molecule has 1 aliphatic carbocycles.